The van der Waals surface area contributed by atoms with Crippen molar-refractivity contribution in [2.24, 2.45) is 0 Å². The molecule has 0 saturated heterocycles. The lowest BCUT2D eigenvalue weighted by Gasteiger charge is -2.07. The molecule has 0 aliphatic heterocycles. The zero-order valence-electron chi connectivity index (χ0n) is 17.3. The maximum atomic E-state index is 13.2. The van der Waals surface area contributed by atoms with Gasteiger partial charge in [-0.05, 0) is 43.3 Å². The lowest BCUT2D eigenvalue weighted by atomic mass is 10.1. The number of aryl methyl sites for hydroxylation is 1. The van der Waals surface area contributed by atoms with Gasteiger partial charge in [-0.2, -0.15) is 5.10 Å². The van der Waals surface area contributed by atoms with E-state index in [1.807, 2.05) is 61.5 Å². The second-order valence-corrected chi connectivity index (χ2v) is 7.15. The van der Waals surface area contributed by atoms with E-state index in [0.717, 1.165) is 16.8 Å². The molecule has 2 N–H and O–H groups in total. The summed E-state index contributed by atoms with van der Waals surface area (Å²) in [5, 5.41) is 10.2. The van der Waals surface area contributed by atoms with E-state index in [0.29, 0.717) is 22.5 Å². The second kappa shape index (κ2) is 8.67. The zero-order valence-corrected chi connectivity index (χ0v) is 17.3. The van der Waals surface area contributed by atoms with Crippen LogP contribution < -0.4 is 10.6 Å². The fourth-order valence-electron chi connectivity index (χ4n) is 3.23. The van der Waals surface area contributed by atoms with Gasteiger partial charge in [-0.15, -0.1) is 0 Å². The highest BCUT2D eigenvalue weighted by Crippen LogP contribution is 2.25. The number of carbonyl (C=O) groups excluding carboxylic acids is 2. The van der Waals surface area contributed by atoms with Crippen molar-refractivity contribution < 1.29 is 9.59 Å². The second-order valence-electron chi connectivity index (χ2n) is 7.15. The summed E-state index contributed by atoms with van der Waals surface area (Å²) in [5.41, 5.74) is 5.04. The fraction of sp³-hybridized carbons (Fsp3) is 0.0800. The molecular weight excluding hydrogens is 388 g/mol. The van der Waals surface area contributed by atoms with Crippen LogP contribution in [0.3, 0.4) is 0 Å². The van der Waals surface area contributed by atoms with Crippen LogP contribution in [0, 0.1) is 6.92 Å². The van der Waals surface area contributed by atoms with Crippen LogP contribution in [0.25, 0.3) is 16.9 Å². The Morgan fingerprint density at radius 1 is 0.839 bits per heavy atom. The van der Waals surface area contributed by atoms with Crippen molar-refractivity contribution in [1.82, 2.24) is 15.1 Å². The van der Waals surface area contributed by atoms with Gasteiger partial charge in [0.05, 0.1) is 11.3 Å². The fourth-order valence-corrected chi connectivity index (χ4v) is 3.23. The van der Waals surface area contributed by atoms with Crippen molar-refractivity contribution in [3.8, 4) is 16.9 Å². The molecule has 4 aromatic rings. The van der Waals surface area contributed by atoms with Crippen molar-refractivity contribution in [2.45, 2.75) is 6.92 Å². The number of aromatic nitrogens is 2. The Balaban J connectivity index is 1.68. The van der Waals surface area contributed by atoms with Gasteiger partial charge in [0.1, 0.15) is 5.69 Å². The van der Waals surface area contributed by atoms with E-state index >= 15 is 0 Å². The minimum atomic E-state index is -0.273. The molecule has 154 valence electrons. The number of rotatable bonds is 5. The topological polar surface area (TPSA) is 76.0 Å². The first-order chi connectivity index (χ1) is 15.0. The Bertz CT molecular complexity index is 1210. The molecule has 6 nitrogen and oxygen atoms in total. The summed E-state index contributed by atoms with van der Waals surface area (Å²) in [6.45, 7) is 2.02. The van der Waals surface area contributed by atoms with Crippen LogP contribution in [0.4, 0.5) is 5.69 Å². The molecule has 31 heavy (non-hydrogen) atoms. The van der Waals surface area contributed by atoms with Gasteiger partial charge < -0.3 is 10.6 Å². The summed E-state index contributed by atoms with van der Waals surface area (Å²) in [4.78, 5) is 24.9. The maximum absolute atomic E-state index is 13.2. The van der Waals surface area contributed by atoms with Crippen LogP contribution in [-0.4, -0.2) is 28.6 Å². The van der Waals surface area contributed by atoms with E-state index in [4.69, 9.17) is 5.10 Å². The van der Waals surface area contributed by atoms with Crippen molar-refractivity contribution in [1.29, 1.82) is 0 Å². The molecule has 0 atom stereocenters. The molecule has 0 unspecified atom stereocenters. The van der Waals surface area contributed by atoms with Crippen molar-refractivity contribution >= 4 is 17.5 Å². The maximum Gasteiger partial charge on any atom is 0.259 e. The molecule has 0 fully saturated rings. The predicted octanol–water partition coefficient (Wildman–Crippen LogP) is 4.46. The minimum absolute atomic E-state index is 0.177. The van der Waals surface area contributed by atoms with Gasteiger partial charge in [0, 0.05) is 30.1 Å². The largest absolute Gasteiger partial charge is 0.355 e. The van der Waals surface area contributed by atoms with E-state index in [2.05, 4.69) is 10.6 Å². The number of hydrogen-bond donors (Lipinski definition) is 2. The van der Waals surface area contributed by atoms with E-state index in [1.54, 1.807) is 42.2 Å². The average molecular weight is 410 g/mol. The summed E-state index contributed by atoms with van der Waals surface area (Å²) in [6.07, 6.45) is 1.73. The monoisotopic (exact) mass is 410 g/mol. The van der Waals surface area contributed by atoms with Crippen LogP contribution in [-0.2, 0) is 0 Å². The molecule has 3 aromatic carbocycles. The van der Waals surface area contributed by atoms with Crippen LogP contribution in [0.5, 0.6) is 0 Å². The van der Waals surface area contributed by atoms with Crippen molar-refractivity contribution in [2.75, 3.05) is 12.4 Å². The van der Waals surface area contributed by atoms with Gasteiger partial charge >= 0.3 is 0 Å². The van der Waals surface area contributed by atoms with Gasteiger partial charge in [-0.1, -0.05) is 48.0 Å². The van der Waals surface area contributed by atoms with Gasteiger partial charge in [0.25, 0.3) is 11.8 Å². The first-order valence-electron chi connectivity index (χ1n) is 9.91. The van der Waals surface area contributed by atoms with Crippen LogP contribution in [0.1, 0.15) is 26.3 Å². The smallest absolute Gasteiger partial charge is 0.259 e. The first kappa shape index (κ1) is 20.1. The third kappa shape index (κ3) is 4.38. The van der Waals surface area contributed by atoms with E-state index in [-0.39, 0.29) is 11.8 Å². The summed E-state index contributed by atoms with van der Waals surface area (Å²) in [5.74, 6) is -0.450. The van der Waals surface area contributed by atoms with Gasteiger partial charge in [0.15, 0.2) is 0 Å². The lowest BCUT2D eigenvalue weighted by Crippen LogP contribution is -2.18. The molecule has 6 heteroatoms. The number of hydrogen-bond acceptors (Lipinski definition) is 3. The van der Waals surface area contributed by atoms with Gasteiger partial charge in [0.2, 0.25) is 0 Å². The number of benzene rings is 3. The lowest BCUT2D eigenvalue weighted by molar-refractivity contribution is 0.0962. The summed E-state index contributed by atoms with van der Waals surface area (Å²) < 4.78 is 1.71. The average Bonchev–Trinajstić information content (AvgIpc) is 3.26. The highest BCUT2D eigenvalue weighted by molar-refractivity contribution is 6.08. The van der Waals surface area contributed by atoms with E-state index < -0.39 is 0 Å². The highest BCUT2D eigenvalue weighted by atomic mass is 16.2. The number of para-hydroxylation sites is 1. The Morgan fingerprint density at radius 3 is 2.16 bits per heavy atom. The molecular formula is C25H22N4O2. The van der Waals surface area contributed by atoms with Crippen molar-refractivity contribution in [3.05, 3.63) is 102 Å². The number of nitrogens with zero attached hydrogens (tertiary/aromatic N) is 2. The zero-order chi connectivity index (χ0) is 21.8. The molecule has 2 amide bonds. The SMILES string of the molecule is CNC(=O)c1ccc(NC(=O)c2cn(-c3ccccc3)nc2-c2ccc(C)cc2)cc1. The van der Waals surface area contributed by atoms with Crippen molar-refractivity contribution in [3.63, 3.8) is 0 Å². The van der Waals surface area contributed by atoms with Crippen LogP contribution in [0.15, 0.2) is 85.1 Å². The summed E-state index contributed by atoms with van der Waals surface area (Å²) in [7, 11) is 1.58. The molecule has 1 aromatic heterocycles. The normalized spacial score (nSPS) is 10.5. The third-order valence-corrected chi connectivity index (χ3v) is 4.94. The quantitative estimate of drug-likeness (QED) is 0.510. The predicted molar refractivity (Wildman–Crippen MR) is 122 cm³/mol. The van der Waals surface area contributed by atoms with E-state index in [1.165, 1.54) is 0 Å². The summed E-state index contributed by atoms with van der Waals surface area (Å²) in [6, 6.07) is 24.3. The molecule has 0 saturated carbocycles. The minimum Gasteiger partial charge on any atom is -0.355 e. The van der Waals surface area contributed by atoms with Crippen LogP contribution >= 0.6 is 0 Å². The molecule has 0 radical (unpaired) electrons. The first-order valence-corrected chi connectivity index (χ1v) is 9.91. The number of nitrogens with one attached hydrogen (secondary N) is 2. The van der Waals surface area contributed by atoms with E-state index in [9.17, 15) is 9.59 Å². The number of carbonyl (C=O) groups is 2. The Morgan fingerprint density at radius 2 is 1.52 bits per heavy atom. The third-order valence-electron chi connectivity index (χ3n) is 4.94. The Kier molecular flexibility index (Phi) is 5.62. The molecule has 0 bridgehead atoms. The molecule has 0 spiro atoms. The Labute approximate surface area is 180 Å². The molecule has 4 rings (SSSR count). The molecule has 0 aliphatic rings. The van der Waals surface area contributed by atoms with Gasteiger partial charge in [-0.3, -0.25) is 9.59 Å². The molecule has 0 aliphatic carbocycles. The standard InChI is InChI=1S/C25H22N4O2/c1-17-8-10-18(11-9-17)23-22(16-29(28-23)21-6-4-3-5-7-21)25(31)27-20-14-12-19(13-15-20)24(30)26-2/h3-16H,1-2H3,(H,26,30)(H,27,31). The van der Waals surface area contributed by atoms with Gasteiger partial charge in [-0.25, -0.2) is 4.68 Å². The highest BCUT2D eigenvalue weighted by Gasteiger charge is 2.19. The number of anilines is 1. The Hall–Kier alpha value is -4.19. The molecule has 1 heterocycles. The van der Waals surface area contributed by atoms with Crippen LogP contribution in [0.2, 0.25) is 0 Å². The number of amides is 2. The summed E-state index contributed by atoms with van der Waals surface area (Å²) >= 11 is 0.